The van der Waals surface area contributed by atoms with Gasteiger partial charge in [-0.15, -0.1) is 0 Å². The summed E-state index contributed by atoms with van der Waals surface area (Å²) >= 11 is 0. The Morgan fingerprint density at radius 2 is 1.00 bits per heavy atom. The molecule has 0 unspecified atom stereocenters. The number of amides is 2. The molecule has 1 saturated carbocycles. The summed E-state index contributed by atoms with van der Waals surface area (Å²) in [6, 6.07) is 0. The van der Waals surface area contributed by atoms with Gasteiger partial charge in [0.2, 0.25) is 11.8 Å². The summed E-state index contributed by atoms with van der Waals surface area (Å²) in [7, 11) is 0. The zero-order chi connectivity index (χ0) is 11.1. The van der Waals surface area contributed by atoms with Gasteiger partial charge in [-0.05, 0) is 25.7 Å². The van der Waals surface area contributed by atoms with Gasteiger partial charge in [0, 0.05) is 38.0 Å². The number of hydrogen-bond donors (Lipinski definition) is 0. The van der Waals surface area contributed by atoms with Gasteiger partial charge in [-0.2, -0.15) is 0 Å². The summed E-state index contributed by atoms with van der Waals surface area (Å²) in [5.74, 6) is 1.08. The number of hydrogen-bond acceptors (Lipinski definition) is 2. The van der Waals surface area contributed by atoms with Gasteiger partial charge in [0.05, 0.1) is 0 Å². The molecule has 0 aromatic heterocycles. The molecule has 3 fully saturated rings. The van der Waals surface area contributed by atoms with E-state index < -0.39 is 0 Å². The van der Waals surface area contributed by atoms with E-state index in [1.54, 1.807) is 0 Å². The van der Waals surface area contributed by atoms with E-state index in [-0.39, 0.29) is 11.8 Å². The highest BCUT2D eigenvalue weighted by Crippen LogP contribution is 2.33. The molecule has 0 aromatic rings. The van der Waals surface area contributed by atoms with E-state index in [1.807, 2.05) is 9.80 Å². The van der Waals surface area contributed by atoms with Crippen molar-refractivity contribution in [2.45, 2.75) is 25.7 Å². The molecule has 0 N–H and O–H groups in total. The van der Waals surface area contributed by atoms with Crippen molar-refractivity contribution in [2.24, 2.45) is 11.8 Å². The fraction of sp³-hybridized carbons (Fsp3) is 0.833. The Morgan fingerprint density at radius 3 is 1.25 bits per heavy atom. The molecule has 0 atom stereocenters. The molecule has 16 heavy (non-hydrogen) atoms. The van der Waals surface area contributed by atoms with Crippen LogP contribution < -0.4 is 0 Å². The summed E-state index contributed by atoms with van der Waals surface area (Å²) < 4.78 is 0. The van der Waals surface area contributed by atoms with Gasteiger partial charge < -0.3 is 9.80 Å². The third-order valence-corrected chi connectivity index (χ3v) is 3.94. The minimum Gasteiger partial charge on any atom is -0.339 e. The number of carbonyl (C=O) groups is 2. The first-order valence-corrected chi connectivity index (χ1v) is 6.33. The zero-order valence-corrected chi connectivity index (χ0v) is 9.52. The first-order valence-electron chi connectivity index (χ1n) is 6.33. The molecule has 3 rings (SSSR count). The molecule has 2 heterocycles. The second kappa shape index (κ2) is 3.75. The van der Waals surface area contributed by atoms with Crippen LogP contribution in [-0.2, 0) is 9.59 Å². The van der Waals surface area contributed by atoms with Crippen molar-refractivity contribution in [1.82, 2.24) is 9.80 Å². The van der Waals surface area contributed by atoms with E-state index in [2.05, 4.69) is 0 Å². The number of nitrogens with zero attached hydrogens (tertiary/aromatic N) is 2. The molecule has 2 aliphatic heterocycles. The zero-order valence-electron chi connectivity index (χ0n) is 9.52. The fourth-order valence-electron chi connectivity index (χ4n) is 2.64. The van der Waals surface area contributed by atoms with Crippen molar-refractivity contribution in [1.29, 1.82) is 0 Å². The van der Waals surface area contributed by atoms with Crippen molar-refractivity contribution in [2.75, 3.05) is 26.2 Å². The number of carbonyl (C=O) groups excluding carboxylic acids is 2. The normalized spacial score (nSPS) is 32.5. The highest BCUT2D eigenvalue weighted by molar-refractivity contribution is 5.83. The first kappa shape index (κ1) is 10.1. The lowest BCUT2D eigenvalue weighted by Crippen LogP contribution is -2.31. The van der Waals surface area contributed by atoms with Crippen LogP contribution in [0.15, 0.2) is 0 Å². The van der Waals surface area contributed by atoms with Crippen molar-refractivity contribution in [3.63, 3.8) is 0 Å². The average molecular weight is 222 g/mol. The Labute approximate surface area is 95.6 Å². The summed E-state index contributed by atoms with van der Waals surface area (Å²) in [4.78, 5) is 27.5. The molecule has 88 valence electrons. The molecule has 2 amide bonds. The van der Waals surface area contributed by atoms with Crippen LogP contribution in [0.3, 0.4) is 0 Å². The van der Waals surface area contributed by atoms with Gasteiger partial charge in [0.1, 0.15) is 0 Å². The van der Waals surface area contributed by atoms with Crippen molar-refractivity contribution < 1.29 is 9.59 Å². The Morgan fingerprint density at radius 1 is 0.688 bits per heavy atom. The molecule has 0 bridgehead atoms. The second-order valence-electron chi connectivity index (χ2n) is 5.20. The highest BCUT2D eigenvalue weighted by atomic mass is 16.2. The lowest BCUT2D eigenvalue weighted by Gasteiger charge is -2.27. The second-order valence-corrected chi connectivity index (χ2v) is 5.20. The van der Waals surface area contributed by atoms with E-state index in [0.717, 1.165) is 51.9 Å². The third-order valence-electron chi connectivity index (χ3n) is 3.94. The molecule has 2 saturated heterocycles. The summed E-state index contributed by atoms with van der Waals surface area (Å²) in [5.41, 5.74) is 0. The standard InChI is InChI=1S/C12H18N2O2/c15-11(13-5-6-13)9-1-2-10(4-3-9)12(16)14-7-8-14/h9-10H,1-8H2. The molecule has 1 aliphatic carbocycles. The average Bonchev–Trinajstić information content (AvgIpc) is 3.20. The van der Waals surface area contributed by atoms with Gasteiger partial charge in [0.15, 0.2) is 0 Å². The van der Waals surface area contributed by atoms with Crippen LogP contribution in [-0.4, -0.2) is 47.8 Å². The van der Waals surface area contributed by atoms with E-state index in [4.69, 9.17) is 0 Å². The Kier molecular flexibility index (Phi) is 2.37. The predicted molar refractivity (Wildman–Crippen MR) is 58.6 cm³/mol. The summed E-state index contributed by atoms with van der Waals surface area (Å²) in [6.07, 6.45) is 3.66. The largest absolute Gasteiger partial charge is 0.339 e. The Bertz CT molecular complexity index is 281. The molecule has 0 radical (unpaired) electrons. The molecular weight excluding hydrogens is 204 g/mol. The van der Waals surface area contributed by atoms with Gasteiger partial charge in [-0.1, -0.05) is 0 Å². The maximum atomic E-state index is 11.8. The SMILES string of the molecule is O=C(C1CCC(C(=O)N2CC2)CC1)N1CC1. The van der Waals surface area contributed by atoms with Crippen LogP contribution in [0.5, 0.6) is 0 Å². The minimum absolute atomic E-state index is 0.209. The molecular formula is C12H18N2O2. The smallest absolute Gasteiger partial charge is 0.225 e. The molecule has 0 aromatic carbocycles. The summed E-state index contributed by atoms with van der Waals surface area (Å²) in [6.45, 7) is 3.80. The molecule has 3 aliphatic rings. The highest BCUT2D eigenvalue weighted by Gasteiger charge is 2.37. The monoisotopic (exact) mass is 222 g/mol. The van der Waals surface area contributed by atoms with E-state index in [1.165, 1.54) is 0 Å². The van der Waals surface area contributed by atoms with Crippen molar-refractivity contribution in [3.8, 4) is 0 Å². The topological polar surface area (TPSA) is 40.2 Å². The van der Waals surface area contributed by atoms with Crippen LogP contribution >= 0.6 is 0 Å². The maximum absolute atomic E-state index is 11.8. The van der Waals surface area contributed by atoms with Gasteiger partial charge >= 0.3 is 0 Å². The van der Waals surface area contributed by atoms with E-state index >= 15 is 0 Å². The van der Waals surface area contributed by atoms with Crippen LogP contribution in [0, 0.1) is 11.8 Å². The Hall–Kier alpha value is -1.06. The van der Waals surface area contributed by atoms with E-state index in [0.29, 0.717) is 11.8 Å². The van der Waals surface area contributed by atoms with Crippen LogP contribution in [0.2, 0.25) is 0 Å². The van der Waals surface area contributed by atoms with E-state index in [9.17, 15) is 9.59 Å². The third kappa shape index (κ3) is 1.93. The van der Waals surface area contributed by atoms with Gasteiger partial charge in [0.25, 0.3) is 0 Å². The number of rotatable bonds is 2. The first-order chi connectivity index (χ1) is 7.75. The minimum atomic E-state index is 0.209. The molecule has 4 heteroatoms. The lowest BCUT2D eigenvalue weighted by atomic mass is 9.81. The predicted octanol–water partition coefficient (Wildman–Crippen LogP) is 0.477. The van der Waals surface area contributed by atoms with Gasteiger partial charge in [-0.3, -0.25) is 9.59 Å². The molecule has 4 nitrogen and oxygen atoms in total. The fourth-order valence-corrected chi connectivity index (χ4v) is 2.64. The van der Waals surface area contributed by atoms with Crippen LogP contribution in [0.25, 0.3) is 0 Å². The Balaban J connectivity index is 1.50. The van der Waals surface area contributed by atoms with Crippen molar-refractivity contribution in [3.05, 3.63) is 0 Å². The molecule has 0 spiro atoms. The van der Waals surface area contributed by atoms with Crippen LogP contribution in [0.4, 0.5) is 0 Å². The quantitative estimate of drug-likeness (QED) is 0.637. The lowest BCUT2D eigenvalue weighted by molar-refractivity contribution is -0.135. The maximum Gasteiger partial charge on any atom is 0.225 e. The summed E-state index contributed by atoms with van der Waals surface area (Å²) in [5, 5.41) is 0. The van der Waals surface area contributed by atoms with Crippen molar-refractivity contribution >= 4 is 11.8 Å². The van der Waals surface area contributed by atoms with Crippen LogP contribution in [0.1, 0.15) is 25.7 Å². The van der Waals surface area contributed by atoms with Gasteiger partial charge in [-0.25, -0.2) is 0 Å².